The van der Waals surface area contributed by atoms with Crippen molar-refractivity contribution in [2.75, 3.05) is 29.1 Å². The van der Waals surface area contributed by atoms with E-state index in [1.165, 1.54) is 6.07 Å². The van der Waals surface area contributed by atoms with Gasteiger partial charge in [0.25, 0.3) is 15.6 Å². The Hall–Kier alpha value is -2.73. The van der Waals surface area contributed by atoms with E-state index in [0.717, 1.165) is 11.6 Å². The first-order valence-electron chi connectivity index (χ1n) is 10.6. The number of benzene rings is 2. The summed E-state index contributed by atoms with van der Waals surface area (Å²) in [5.74, 6) is 0.444. The number of halogens is 5. The minimum absolute atomic E-state index is 0.0174. The van der Waals surface area contributed by atoms with Gasteiger partial charge in [-0.2, -0.15) is 26.2 Å². The van der Waals surface area contributed by atoms with Gasteiger partial charge in [-0.3, -0.25) is 4.55 Å². The maximum absolute atomic E-state index is 13.5. The Labute approximate surface area is 215 Å². The number of aromatic nitrogens is 1. The Kier molecular flexibility index (Phi) is 7.04. The molecule has 1 N–H and O–H groups in total. The summed E-state index contributed by atoms with van der Waals surface area (Å²) in [6.07, 6.45) is 0.322. The fourth-order valence-electron chi connectivity index (χ4n) is 4.02. The van der Waals surface area contributed by atoms with E-state index in [2.05, 4.69) is 0 Å². The van der Waals surface area contributed by atoms with Crippen molar-refractivity contribution in [3.05, 3.63) is 69.8 Å². The third kappa shape index (κ3) is 5.34. The zero-order valence-corrected chi connectivity index (χ0v) is 21.4. The molecule has 4 rings (SSSR count). The van der Waals surface area contributed by atoms with E-state index in [1.807, 2.05) is 0 Å². The lowest BCUT2D eigenvalue weighted by molar-refractivity contribution is -0.652. The molecule has 1 aliphatic heterocycles. The Morgan fingerprint density at radius 2 is 1.89 bits per heavy atom. The van der Waals surface area contributed by atoms with Crippen LogP contribution in [0.4, 0.5) is 24.5 Å². The number of rotatable bonds is 6. The van der Waals surface area contributed by atoms with Crippen LogP contribution in [-0.4, -0.2) is 32.3 Å². The van der Waals surface area contributed by atoms with Crippen molar-refractivity contribution in [1.29, 1.82) is 0 Å². The van der Waals surface area contributed by atoms with E-state index in [1.54, 1.807) is 64.9 Å². The molecule has 0 aliphatic carbocycles. The van der Waals surface area contributed by atoms with Gasteiger partial charge in [-0.15, -0.1) is 0 Å². The van der Waals surface area contributed by atoms with Crippen LogP contribution in [0.5, 0.6) is 0 Å². The number of aryl methyl sites for hydroxylation is 1. The number of nitrogens with zero attached hydrogens (tertiary/aromatic N) is 3. The molecule has 0 amide bonds. The van der Waals surface area contributed by atoms with Crippen LogP contribution in [-0.2, 0) is 23.3 Å². The molecule has 0 spiro atoms. The van der Waals surface area contributed by atoms with Crippen LogP contribution in [0.25, 0.3) is 17.2 Å². The van der Waals surface area contributed by atoms with Crippen LogP contribution < -0.4 is 14.4 Å². The molecule has 3 aromatic rings. The second-order valence-corrected chi connectivity index (χ2v) is 10.6. The smallest absolute Gasteiger partial charge is 0.398 e. The lowest BCUT2D eigenvalue weighted by Crippen LogP contribution is -2.29. The Bertz CT molecular complexity index is 1500. The molecule has 7 nitrogen and oxygen atoms in total. The number of hydrogen-bond acceptors (Lipinski definition) is 5. The van der Waals surface area contributed by atoms with Gasteiger partial charge in [-0.1, -0.05) is 23.2 Å². The third-order valence-corrected chi connectivity index (χ3v) is 7.09. The highest BCUT2D eigenvalue weighted by Crippen LogP contribution is 2.47. The van der Waals surface area contributed by atoms with E-state index in [9.17, 15) is 21.6 Å². The van der Waals surface area contributed by atoms with Crippen LogP contribution in [0.2, 0.25) is 10.0 Å². The number of hydrogen-bond donors (Lipinski definition) is 1. The molecule has 0 saturated carbocycles. The van der Waals surface area contributed by atoms with Crippen LogP contribution in [0.1, 0.15) is 17.9 Å². The maximum atomic E-state index is 13.5. The fraction of sp³-hybridized carbons (Fsp3) is 0.261. The molecular weight excluding hydrogens is 542 g/mol. The molecule has 0 atom stereocenters. The molecule has 2 heterocycles. The monoisotopic (exact) mass is 562 g/mol. The molecule has 0 bridgehead atoms. The Balaban J connectivity index is 1.72. The standard InChI is InChI=1S/C23H20Cl2F3N3O4S/c1-29-17-13-16(25)15(23(26,27)28)12-18(17)31(9-4-10-36(32,33)34)21(29)5-3-6-22-30(2)19-11-14(24)7-8-20(19)35-22/h3,5-8,11-13H,4,9-10H2,1-2H3/p+1. The minimum atomic E-state index is -4.67. The van der Waals surface area contributed by atoms with Crippen LogP contribution >= 0.6 is 23.2 Å². The predicted molar refractivity (Wildman–Crippen MR) is 133 cm³/mol. The second-order valence-electron chi connectivity index (χ2n) is 8.16. The molecule has 0 fully saturated rings. The highest BCUT2D eigenvalue weighted by molar-refractivity contribution is 7.85. The Morgan fingerprint density at radius 1 is 1.17 bits per heavy atom. The summed E-state index contributed by atoms with van der Waals surface area (Å²) in [4.78, 5) is 3.20. The zero-order chi connectivity index (χ0) is 26.4. The third-order valence-electron chi connectivity index (χ3n) is 5.74. The number of oxazole rings is 1. The van der Waals surface area contributed by atoms with Crippen molar-refractivity contribution in [2.45, 2.75) is 12.6 Å². The normalized spacial score (nSPS) is 15.6. The van der Waals surface area contributed by atoms with Crippen LogP contribution in [0.3, 0.4) is 0 Å². The first-order chi connectivity index (χ1) is 16.8. The lowest BCUT2D eigenvalue weighted by atomic mass is 10.1. The van der Waals surface area contributed by atoms with Crippen molar-refractivity contribution < 1.29 is 35.1 Å². The second kappa shape index (κ2) is 9.62. The summed E-state index contributed by atoms with van der Waals surface area (Å²) in [5, 5.41) is 0.107. The van der Waals surface area contributed by atoms with Gasteiger partial charge in [0.15, 0.2) is 0 Å². The number of allylic oxidation sites excluding steroid dienone is 2. The molecule has 36 heavy (non-hydrogen) atoms. The van der Waals surface area contributed by atoms with Gasteiger partial charge in [-0.25, -0.2) is 0 Å². The Morgan fingerprint density at radius 3 is 2.56 bits per heavy atom. The van der Waals surface area contributed by atoms with Crippen molar-refractivity contribution >= 4 is 61.9 Å². The van der Waals surface area contributed by atoms with E-state index in [0.29, 0.717) is 28.0 Å². The number of anilines is 2. The largest absolute Gasteiger partial charge is 0.417 e. The van der Waals surface area contributed by atoms with Crippen molar-refractivity contribution in [1.82, 2.24) is 0 Å². The number of alkyl halides is 3. The molecule has 1 aromatic heterocycles. The molecule has 0 unspecified atom stereocenters. The molecule has 192 valence electrons. The molecule has 13 heteroatoms. The van der Waals surface area contributed by atoms with E-state index < -0.39 is 32.6 Å². The van der Waals surface area contributed by atoms with Gasteiger partial charge in [0, 0.05) is 24.7 Å². The van der Waals surface area contributed by atoms with E-state index >= 15 is 0 Å². The highest BCUT2D eigenvalue weighted by atomic mass is 35.5. The summed E-state index contributed by atoms with van der Waals surface area (Å²) in [6.45, 7) is 0.0344. The first kappa shape index (κ1) is 26.3. The maximum Gasteiger partial charge on any atom is 0.417 e. The minimum Gasteiger partial charge on any atom is -0.398 e. The average Bonchev–Trinajstić information content (AvgIpc) is 3.20. The lowest BCUT2D eigenvalue weighted by Gasteiger charge is -2.22. The predicted octanol–water partition coefficient (Wildman–Crippen LogP) is 5.67. The summed E-state index contributed by atoms with van der Waals surface area (Å²) >= 11 is 12.0. The first-order valence-corrected chi connectivity index (χ1v) is 13.0. The molecular formula is C23H21Cl2F3N3O4S+. The average molecular weight is 563 g/mol. The summed E-state index contributed by atoms with van der Waals surface area (Å²) in [5.41, 5.74) is 1.04. The highest BCUT2D eigenvalue weighted by Gasteiger charge is 2.38. The summed E-state index contributed by atoms with van der Waals surface area (Å²) < 4.78 is 79.6. The van der Waals surface area contributed by atoms with Gasteiger partial charge in [0.05, 0.1) is 33.8 Å². The zero-order valence-electron chi connectivity index (χ0n) is 19.1. The van der Waals surface area contributed by atoms with Crippen LogP contribution in [0.15, 0.2) is 52.7 Å². The van der Waals surface area contributed by atoms with E-state index in [-0.39, 0.29) is 18.7 Å². The van der Waals surface area contributed by atoms with Crippen molar-refractivity contribution in [2.24, 2.45) is 7.05 Å². The van der Waals surface area contributed by atoms with Gasteiger partial charge >= 0.3 is 12.1 Å². The van der Waals surface area contributed by atoms with Gasteiger partial charge in [0.1, 0.15) is 12.9 Å². The summed E-state index contributed by atoms with van der Waals surface area (Å²) in [7, 11) is -0.774. The summed E-state index contributed by atoms with van der Waals surface area (Å²) in [6, 6.07) is 7.38. The molecule has 0 saturated heterocycles. The molecule has 1 aliphatic rings. The quantitative estimate of drug-likeness (QED) is 0.308. The van der Waals surface area contributed by atoms with Gasteiger partial charge < -0.3 is 14.2 Å². The number of fused-ring (bicyclic) bond motifs is 2. The van der Waals surface area contributed by atoms with Crippen molar-refractivity contribution in [3.63, 3.8) is 0 Å². The molecule has 2 aromatic carbocycles. The van der Waals surface area contributed by atoms with Gasteiger partial charge in [0.2, 0.25) is 5.58 Å². The molecule has 0 radical (unpaired) electrons. The fourth-order valence-corrected chi connectivity index (χ4v) is 4.95. The topological polar surface area (TPSA) is 77.9 Å². The SMILES string of the molecule is CN1/C(=C\C=C\c2oc3ccc(Cl)cc3[n+]2C)N(CCCS(=O)(=O)O)c2cc(C(F)(F)F)c(Cl)cc21. The van der Waals surface area contributed by atoms with Crippen LogP contribution in [0, 0.1) is 0 Å². The van der Waals surface area contributed by atoms with Crippen molar-refractivity contribution in [3.8, 4) is 0 Å². The van der Waals surface area contributed by atoms with Gasteiger partial charge in [-0.05, 0) is 42.8 Å². The van der Waals surface area contributed by atoms with E-state index in [4.69, 9.17) is 32.2 Å².